The van der Waals surface area contributed by atoms with Gasteiger partial charge in [-0.1, -0.05) is 43.7 Å². The molecule has 0 aliphatic carbocycles. The zero-order valence-electron chi connectivity index (χ0n) is 17.5. The largest absolute Gasteiger partial charge is 0.477 e. The Kier molecular flexibility index (Phi) is 6.26. The highest BCUT2D eigenvalue weighted by Crippen LogP contribution is 2.19. The van der Waals surface area contributed by atoms with Crippen molar-refractivity contribution < 1.29 is 9.53 Å². The van der Waals surface area contributed by atoms with Gasteiger partial charge < -0.3 is 14.6 Å². The minimum absolute atomic E-state index is 0.0212. The van der Waals surface area contributed by atoms with E-state index in [0.29, 0.717) is 29.8 Å². The van der Waals surface area contributed by atoms with Gasteiger partial charge in [0.1, 0.15) is 6.54 Å². The Hall–Kier alpha value is -3.67. The van der Waals surface area contributed by atoms with Crippen LogP contribution in [0.25, 0.3) is 21.8 Å². The lowest BCUT2D eigenvalue weighted by Gasteiger charge is -2.15. The summed E-state index contributed by atoms with van der Waals surface area (Å²) in [6, 6.07) is 18.5. The molecule has 31 heavy (non-hydrogen) atoms. The fourth-order valence-electron chi connectivity index (χ4n) is 3.64. The summed E-state index contributed by atoms with van der Waals surface area (Å²) in [5, 5.41) is 4.17. The van der Waals surface area contributed by atoms with Gasteiger partial charge in [-0.25, -0.2) is 4.98 Å². The summed E-state index contributed by atoms with van der Waals surface area (Å²) in [4.78, 5) is 30.0. The Morgan fingerprint density at radius 3 is 2.35 bits per heavy atom. The SMILES string of the molecule is CCCCOc1ncccc1CNC(=O)Cn1c2ccccc2c(=O)c2ccccc21. The molecule has 0 fully saturated rings. The molecule has 1 N–H and O–H groups in total. The van der Waals surface area contributed by atoms with Crippen LogP contribution in [0.4, 0.5) is 0 Å². The second kappa shape index (κ2) is 9.43. The number of carbonyl (C=O) groups is 1. The van der Waals surface area contributed by atoms with Gasteiger partial charge in [-0.15, -0.1) is 0 Å². The first kappa shape index (κ1) is 20.6. The van der Waals surface area contributed by atoms with Gasteiger partial charge in [0.25, 0.3) is 0 Å². The van der Waals surface area contributed by atoms with Gasteiger partial charge in [0, 0.05) is 29.1 Å². The first-order valence-corrected chi connectivity index (χ1v) is 10.5. The number of fused-ring (bicyclic) bond motifs is 2. The van der Waals surface area contributed by atoms with E-state index >= 15 is 0 Å². The van der Waals surface area contributed by atoms with Crippen LogP contribution in [0.3, 0.4) is 0 Å². The molecular weight excluding hydrogens is 390 g/mol. The van der Waals surface area contributed by atoms with E-state index in [9.17, 15) is 9.59 Å². The maximum Gasteiger partial charge on any atom is 0.240 e. The van der Waals surface area contributed by atoms with Crippen molar-refractivity contribution in [2.75, 3.05) is 6.61 Å². The van der Waals surface area contributed by atoms with E-state index in [-0.39, 0.29) is 17.9 Å². The van der Waals surface area contributed by atoms with Crippen molar-refractivity contribution in [2.24, 2.45) is 0 Å². The van der Waals surface area contributed by atoms with Crippen LogP contribution in [0, 0.1) is 0 Å². The number of amides is 1. The monoisotopic (exact) mass is 415 g/mol. The molecule has 2 aromatic carbocycles. The summed E-state index contributed by atoms with van der Waals surface area (Å²) >= 11 is 0. The normalized spacial score (nSPS) is 11.0. The molecule has 4 rings (SSSR count). The highest BCUT2D eigenvalue weighted by atomic mass is 16.5. The zero-order valence-corrected chi connectivity index (χ0v) is 17.5. The van der Waals surface area contributed by atoms with Crippen LogP contribution in [0.2, 0.25) is 0 Å². The molecule has 0 saturated carbocycles. The Bertz CT molecular complexity index is 1220. The number of carbonyl (C=O) groups excluding carboxylic acids is 1. The van der Waals surface area contributed by atoms with Crippen LogP contribution >= 0.6 is 0 Å². The molecule has 2 heterocycles. The number of nitrogens with zero attached hydrogens (tertiary/aromatic N) is 2. The van der Waals surface area contributed by atoms with Crippen molar-refractivity contribution >= 4 is 27.7 Å². The maximum atomic E-state index is 12.9. The number of ether oxygens (including phenoxy) is 1. The lowest BCUT2D eigenvalue weighted by atomic mass is 10.1. The smallest absolute Gasteiger partial charge is 0.240 e. The van der Waals surface area contributed by atoms with Gasteiger partial charge >= 0.3 is 0 Å². The topological polar surface area (TPSA) is 73.2 Å². The van der Waals surface area contributed by atoms with Gasteiger partial charge in [0.2, 0.25) is 11.8 Å². The first-order chi connectivity index (χ1) is 15.2. The molecule has 1 amide bonds. The molecule has 0 spiro atoms. The quantitative estimate of drug-likeness (QED) is 0.348. The van der Waals surface area contributed by atoms with Crippen molar-refractivity contribution in [2.45, 2.75) is 32.9 Å². The third-order valence-corrected chi connectivity index (χ3v) is 5.24. The van der Waals surface area contributed by atoms with E-state index in [1.165, 1.54) is 0 Å². The average molecular weight is 415 g/mol. The van der Waals surface area contributed by atoms with E-state index in [4.69, 9.17) is 4.74 Å². The molecule has 0 atom stereocenters. The molecule has 6 nitrogen and oxygen atoms in total. The van der Waals surface area contributed by atoms with E-state index in [1.807, 2.05) is 53.1 Å². The molecule has 0 bridgehead atoms. The number of para-hydroxylation sites is 2. The highest BCUT2D eigenvalue weighted by molar-refractivity contribution is 5.94. The third-order valence-electron chi connectivity index (χ3n) is 5.24. The lowest BCUT2D eigenvalue weighted by molar-refractivity contribution is -0.121. The molecular formula is C25H25N3O3. The van der Waals surface area contributed by atoms with Crippen molar-refractivity contribution in [3.8, 4) is 5.88 Å². The van der Waals surface area contributed by atoms with Crippen molar-refractivity contribution in [3.05, 3.63) is 82.6 Å². The van der Waals surface area contributed by atoms with Gasteiger partial charge in [-0.2, -0.15) is 0 Å². The molecule has 158 valence electrons. The number of hydrogen-bond acceptors (Lipinski definition) is 4. The number of nitrogens with one attached hydrogen (secondary N) is 1. The third kappa shape index (κ3) is 4.43. The van der Waals surface area contributed by atoms with Crippen molar-refractivity contribution in [1.29, 1.82) is 0 Å². The zero-order chi connectivity index (χ0) is 21.6. The molecule has 4 aromatic rings. The maximum absolute atomic E-state index is 12.9. The lowest BCUT2D eigenvalue weighted by Crippen LogP contribution is -2.28. The van der Waals surface area contributed by atoms with E-state index in [1.54, 1.807) is 18.3 Å². The average Bonchev–Trinajstić information content (AvgIpc) is 2.81. The van der Waals surface area contributed by atoms with E-state index in [0.717, 1.165) is 29.4 Å². The second-order valence-corrected chi connectivity index (χ2v) is 7.40. The van der Waals surface area contributed by atoms with Crippen LogP contribution in [0.5, 0.6) is 5.88 Å². The summed E-state index contributed by atoms with van der Waals surface area (Å²) < 4.78 is 7.65. The Morgan fingerprint density at radius 2 is 1.68 bits per heavy atom. The van der Waals surface area contributed by atoms with Crippen LogP contribution in [-0.4, -0.2) is 22.1 Å². The number of rotatable bonds is 8. The minimum atomic E-state index is -0.151. The summed E-state index contributed by atoms with van der Waals surface area (Å²) in [5.74, 6) is 0.401. The van der Waals surface area contributed by atoms with Gasteiger partial charge in [0.05, 0.1) is 17.6 Å². The van der Waals surface area contributed by atoms with E-state index in [2.05, 4.69) is 17.2 Å². The molecule has 6 heteroatoms. The predicted octanol–water partition coefficient (Wildman–Crippen LogP) is 4.05. The molecule has 0 aliphatic rings. The predicted molar refractivity (Wildman–Crippen MR) is 122 cm³/mol. The summed E-state index contributed by atoms with van der Waals surface area (Å²) in [5.41, 5.74) is 2.30. The number of hydrogen-bond donors (Lipinski definition) is 1. The number of unbranched alkanes of at least 4 members (excludes halogenated alkanes) is 1. The number of pyridine rings is 2. The Labute approximate surface area is 180 Å². The van der Waals surface area contributed by atoms with Crippen LogP contribution < -0.4 is 15.5 Å². The highest BCUT2D eigenvalue weighted by Gasteiger charge is 2.13. The first-order valence-electron chi connectivity index (χ1n) is 10.5. The van der Waals surface area contributed by atoms with Gasteiger partial charge in [0.15, 0.2) is 5.43 Å². The second-order valence-electron chi connectivity index (χ2n) is 7.40. The Balaban J connectivity index is 1.57. The van der Waals surface area contributed by atoms with E-state index < -0.39 is 0 Å². The van der Waals surface area contributed by atoms with Crippen LogP contribution in [0.15, 0.2) is 71.7 Å². The van der Waals surface area contributed by atoms with Crippen LogP contribution in [-0.2, 0) is 17.9 Å². The summed E-state index contributed by atoms with van der Waals surface area (Å²) in [7, 11) is 0. The molecule has 0 radical (unpaired) electrons. The summed E-state index contributed by atoms with van der Waals surface area (Å²) in [6.45, 7) is 3.13. The standard InChI is InChI=1S/C25H25N3O3/c1-2-3-15-31-25-18(9-8-14-26-25)16-27-23(29)17-28-21-12-6-4-10-19(21)24(30)20-11-5-7-13-22(20)28/h4-14H,2-3,15-17H2,1H3,(H,27,29). The summed E-state index contributed by atoms with van der Waals surface area (Å²) in [6.07, 6.45) is 3.68. The fraction of sp³-hybridized carbons (Fsp3) is 0.240. The van der Waals surface area contributed by atoms with Gasteiger partial charge in [-0.05, 0) is 36.8 Å². The molecule has 0 saturated heterocycles. The van der Waals surface area contributed by atoms with Gasteiger partial charge in [-0.3, -0.25) is 9.59 Å². The van der Waals surface area contributed by atoms with Crippen molar-refractivity contribution in [1.82, 2.24) is 14.9 Å². The molecule has 0 unspecified atom stereocenters. The number of benzene rings is 2. The minimum Gasteiger partial charge on any atom is -0.477 e. The fourth-order valence-corrected chi connectivity index (χ4v) is 3.64. The Morgan fingerprint density at radius 1 is 1.00 bits per heavy atom. The molecule has 0 aliphatic heterocycles. The van der Waals surface area contributed by atoms with Crippen LogP contribution in [0.1, 0.15) is 25.3 Å². The molecule has 2 aromatic heterocycles. The van der Waals surface area contributed by atoms with Crippen molar-refractivity contribution in [3.63, 3.8) is 0 Å². The number of aromatic nitrogens is 2.